The summed E-state index contributed by atoms with van der Waals surface area (Å²) in [5.74, 6) is 0.872. The summed E-state index contributed by atoms with van der Waals surface area (Å²) in [4.78, 5) is 11.3. The van der Waals surface area contributed by atoms with Crippen molar-refractivity contribution >= 4 is 0 Å². The molecule has 0 fully saturated rings. The molecule has 0 saturated heterocycles. The van der Waals surface area contributed by atoms with Gasteiger partial charge in [-0.3, -0.25) is 4.90 Å². The summed E-state index contributed by atoms with van der Waals surface area (Å²) in [5, 5.41) is 0. The lowest BCUT2D eigenvalue weighted by atomic mass is 10.0. The van der Waals surface area contributed by atoms with Gasteiger partial charge in [-0.05, 0) is 37.0 Å². The van der Waals surface area contributed by atoms with Crippen molar-refractivity contribution in [3.63, 3.8) is 0 Å². The summed E-state index contributed by atoms with van der Waals surface area (Å²) < 4.78 is 0. The van der Waals surface area contributed by atoms with E-state index in [1.807, 2.05) is 13.1 Å². The Morgan fingerprint density at radius 3 is 2.89 bits per heavy atom. The Labute approximate surface area is 114 Å². The minimum Gasteiger partial charge on any atom is -0.293 e. The Hall–Kier alpha value is -1.74. The van der Waals surface area contributed by atoms with Crippen LogP contribution in [0.3, 0.4) is 0 Å². The minimum atomic E-state index is 0.872. The quantitative estimate of drug-likeness (QED) is 0.824. The van der Waals surface area contributed by atoms with Gasteiger partial charge in [0.2, 0.25) is 0 Å². The zero-order valence-corrected chi connectivity index (χ0v) is 11.6. The standard InChI is InChI=1S/C16H19N3/c1-12-5-3-4-6-15(12)10-19-8-7-14-9-17-13(2)18-16(14)11-19/h3-6,9H,7-8,10-11H2,1-2H3. The van der Waals surface area contributed by atoms with Gasteiger partial charge in [-0.15, -0.1) is 0 Å². The van der Waals surface area contributed by atoms with Crippen LogP contribution < -0.4 is 0 Å². The number of nitrogens with zero attached hydrogens (tertiary/aromatic N) is 3. The Bertz CT molecular complexity index is 592. The van der Waals surface area contributed by atoms with E-state index in [1.54, 1.807) is 0 Å². The predicted octanol–water partition coefficient (Wildman–Crippen LogP) is 2.65. The topological polar surface area (TPSA) is 29.0 Å². The van der Waals surface area contributed by atoms with Crippen LogP contribution in [0.2, 0.25) is 0 Å². The normalized spacial score (nSPS) is 15.3. The third-order valence-electron chi connectivity index (χ3n) is 3.80. The van der Waals surface area contributed by atoms with E-state index in [2.05, 4.69) is 46.1 Å². The predicted molar refractivity (Wildman–Crippen MR) is 75.8 cm³/mol. The second-order valence-electron chi connectivity index (χ2n) is 5.28. The lowest BCUT2D eigenvalue weighted by Gasteiger charge is -2.28. The fraction of sp³-hybridized carbons (Fsp3) is 0.375. The van der Waals surface area contributed by atoms with Crippen LogP contribution >= 0.6 is 0 Å². The third kappa shape index (κ3) is 2.66. The van der Waals surface area contributed by atoms with Crippen molar-refractivity contribution in [1.82, 2.24) is 14.9 Å². The lowest BCUT2D eigenvalue weighted by molar-refractivity contribution is 0.240. The molecule has 0 amide bonds. The van der Waals surface area contributed by atoms with Crippen LogP contribution in [0.15, 0.2) is 30.5 Å². The van der Waals surface area contributed by atoms with E-state index in [-0.39, 0.29) is 0 Å². The average Bonchev–Trinajstić information content (AvgIpc) is 2.41. The van der Waals surface area contributed by atoms with Crippen LogP contribution in [0, 0.1) is 13.8 Å². The summed E-state index contributed by atoms with van der Waals surface area (Å²) in [7, 11) is 0. The first-order valence-electron chi connectivity index (χ1n) is 6.80. The summed E-state index contributed by atoms with van der Waals surface area (Å²) in [6.07, 6.45) is 3.05. The van der Waals surface area contributed by atoms with Crippen LogP contribution in [0.1, 0.15) is 28.2 Å². The summed E-state index contributed by atoms with van der Waals surface area (Å²) in [6, 6.07) is 8.61. The smallest absolute Gasteiger partial charge is 0.125 e. The molecule has 2 heterocycles. The molecule has 1 aliphatic rings. The Morgan fingerprint density at radius 1 is 1.21 bits per heavy atom. The van der Waals surface area contributed by atoms with Gasteiger partial charge in [0.25, 0.3) is 0 Å². The van der Waals surface area contributed by atoms with Crippen molar-refractivity contribution in [2.45, 2.75) is 33.4 Å². The number of hydrogen-bond acceptors (Lipinski definition) is 3. The number of fused-ring (bicyclic) bond motifs is 1. The second kappa shape index (κ2) is 5.10. The van der Waals surface area contributed by atoms with E-state index in [0.717, 1.165) is 31.9 Å². The molecule has 98 valence electrons. The molecule has 0 spiro atoms. The van der Waals surface area contributed by atoms with Gasteiger partial charge in [-0.1, -0.05) is 24.3 Å². The van der Waals surface area contributed by atoms with Gasteiger partial charge < -0.3 is 0 Å². The lowest BCUT2D eigenvalue weighted by Crippen LogP contribution is -2.31. The van der Waals surface area contributed by atoms with Crippen LogP contribution in [0.4, 0.5) is 0 Å². The average molecular weight is 253 g/mol. The first kappa shape index (κ1) is 12.3. The second-order valence-corrected chi connectivity index (χ2v) is 5.28. The molecule has 0 saturated carbocycles. The van der Waals surface area contributed by atoms with E-state index in [9.17, 15) is 0 Å². The zero-order chi connectivity index (χ0) is 13.2. The number of aryl methyl sites for hydroxylation is 2. The molecule has 0 atom stereocenters. The van der Waals surface area contributed by atoms with Gasteiger partial charge in [-0.2, -0.15) is 0 Å². The maximum atomic E-state index is 4.58. The Kier molecular flexibility index (Phi) is 3.30. The maximum absolute atomic E-state index is 4.58. The molecule has 0 bridgehead atoms. The van der Waals surface area contributed by atoms with Crippen LogP contribution in [0.25, 0.3) is 0 Å². The molecule has 1 aromatic carbocycles. The third-order valence-corrected chi connectivity index (χ3v) is 3.80. The van der Waals surface area contributed by atoms with E-state index in [0.29, 0.717) is 0 Å². The van der Waals surface area contributed by atoms with Crippen LogP contribution in [-0.2, 0) is 19.5 Å². The molecule has 2 aromatic rings. The number of benzene rings is 1. The molecule has 3 rings (SSSR count). The molecule has 1 aliphatic heterocycles. The molecule has 0 aliphatic carbocycles. The van der Waals surface area contributed by atoms with Crippen molar-refractivity contribution in [2.75, 3.05) is 6.54 Å². The van der Waals surface area contributed by atoms with Gasteiger partial charge in [0, 0.05) is 25.8 Å². The van der Waals surface area contributed by atoms with Crippen molar-refractivity contribution in [2.24, 2.45) is 0 Å². The summed E-state index contributed by atoms with van der Waals surface area (Å²) in [6.45, 7) is 7.18. The van der Waals surface area contributed by atoms with E-state index < -0.39 is 0 Å². The summed E-state index contributed by atoms with van der Waals surface area (Å²) >= 11 is 0. The highest BCUT2D eigenvalue weighted by molar-refractivity contribution is 5.26. The monoisotopic (exact) mass is 253 g/mol. The van der Waals surface area contributed by atoms with Crippen molar-refractivity contribution in [3.05, 3.63) is 58.7 Å². The van der Waals surface area contributed by atoms with Gasteiger partial charge in [0.15, 0.2) is 0 Å². The molecule has 0 unspecified atom stereocenters. The SMILES string of the molecule is Cc1ncc2c(n1)CN(Cc1ccccc1C)CC2. The highest BCUT2D eigenvalue weighted by Gasteiger charge is 2.18. The molecule has 1 aromatic heterocycles. The Balaban J connectivity index is 1.77. The molecular weight excluding hydrogens is 234 g/mol. The van der Waals surface area contributed by atoms with Gasteiger partial charge in [0.1, 0.15) is 5.82 Å². The molecule has 0 N–H and O–H groups in total. The van der Waals surface area contributed by atoms with E-state index in [1.165, 1.54) is 22.4 Å². The maximum Gasteiger partial charge on any atom is 0.125 e. The molecular formula is C16H19N3. The fourth-order valence-corrected chi connectivity index (χ4v) is 2.62. The fourth-order valence-electron chi connectivity index (χ4n) is 2.62. The molecule has 0 radical (unpaired) electrons. The first-order valence-corrected chi connectivity index (χ1v) is 6.80. The van der Waals surface area contributed by atoms with Gasteiger partial charge in [0.05, 0.1) is 5.69 Å². The van der Waals surface area contributed by atoms with Crippen molar-refractivity contribution < 1.29 is 0 Å². The highest BCUT2D eigenvalue weighted by atomic mass is 15.1. The largest absolute Gasteiger partial charge is 0.293 e. The van der Waals surface area contributed by atoms with E-state index in [4.69, 9.17) is 0 Å². The molecule has 19 heavy (non-hydrogen) atoms. The highest BCUT2D eigenvalue weighted by Crippen LogP contribution is 2.19. The van der Waals surface area contributed by atoms with Crippen LogP contribution in [0.5, 0.6) is 0 Å². The zero-order valence-electron chi connectivity index (χ0n) is 11.6. The van der Waals surface area contributed by atoms with Gasteiger partial charge in [-0.25, -0.2) is 9.97 Å². The number of hydrogen-bond donors (Lipinski definition) is 0. The van der Waals surface area contributed by atoms with Gasteiger partial charge >= 0.3 is 0 Å². The number of aromatic nitrogens is 2. The number of rotatable bonds is 2. The molecule has 3 nitrogen and oxygen atoms in total. The van der Waals surface area contributed by atoms with Crippen LogP contribution in [-0.4, -0.2) is 21.4 Å². The minimum absolute atomic E-state index is 0.872. The first-order chi connectivity index (χ1) is 9.22. The van der Waals surface area contributed by atoms with Crippen molar-refractivity contribution in [3.8, 4) is 0 Å². The van der Waals surface area contributed by atoms with Crippen molar-refractivity contribution in [1.29, 1.82) is 0 Å². The molecule has 3 heteroatoms. The Morgan fingerprint density at radius 2 is 2.05 bits per heavy atom. The summed E-state index contributed by atoms with van der Waals surface area (Å²) in [5.41, 5.74) is 5.29. The van der Waals surface area contributed by atoms with E-state index >= 15 is 0 Å².